The molecule has 2 atom stereocenters. The van der Waals surface area contributed by atoms with Gasteiger partial charge in [0.1, 0.15) is 17.1 Å². The molecule has 0 amide bonds. The molecule has 2 nitrogen and oxygen atoms in total. The van der Waals surface area contributed by atoms with Crippen LogP contribution in [0.15, 0.2) is 48.0 Å². The van der Waals surface area contributed by atoms with Gasteiger partial charge in [0.05, 0.1) is 0 Å². The van der Waals surface area contributed by atoms with Crippen LogP contribution in [0.2, 0.25) is 0 Å². The van der Waals surface area contributed by atoms with Gasteiger partial charge in [-0.05, 0) is 68.9 Å². The first-order valence-corrected chi connectivity index (χ1v) is 10.9. The third-order valence-electron chi connectivity index (χ3n) is 7.31. The zero-order valence-corrected chi connectivity index (χ0v) is 18.7. The van der Waals surface area contributed by atoms with E-state index in [9.17, 15) is 5.11 Å². The average molecular weight is 391 g/mol. The van der Waals surface area contributed by atoms with E-state index in [0.717, 1.165) is 36.1 Å². The third-order valence-corrected chi connectivity index (χ3v) is 7.31. The van der Waals surface area contributed by atoms with Crippen molar-refractivity contribution < 1.29 is 9.84 Å². The number of aryl methyl sites for hydroxylation is 1. The summed E-state index contributed by atoms with van der Waals surface area (Å²) in [5.41, 5.74) is 5.64. The van der Waals surface area contributed by atoms with E-state index in [2.05, 4.69) is 78.0 Å². The maximum absolute atomic E-state index is 11.1. The van der Waals surface area contributed by atoms with Crippen molar-refractivity contribution in [3.8, 4) is 11.5 Å². The van der Waals surface area contributed by atoms with Crippen LogP contribution < -0.4 is 4.74 Å². The molecule has 0 saturated heterocycles. The Hall–Kier alpha value is -2.22. The summed E-state index contributed by atoms with van der Waals surface area (Å²) in [6.07, 6.45) is 5.39. The van der Waals surface area contributed by atoms with Gasteiger partial charge in [0, 0.05) is 22.8 Å². The molecule has 0 spiro atoms. The Bertz CT molecular complexity index is 947. The SMILES string of the molecule is CCc1ccc(C(C)(C)c2cc(O)c3c(c2)OC(C)(C)[C@@H]2CC=C(C)C[C@@H]32)cc1. The fourth-order valence-electron chi connectivity index (χ4n) is 5.25. The van der Waals surface area contributed by atoms with E-state index in [-0.39, 0.29) is 11.0 Å². The first kappa shape index (κ1) is 20.1. The van der Waals surface area contributed by atoms with Gasteiger partial charge in [-0.25, -0.2) is 0 Å². The van der Waals surface area contributed by atoms with Gasteiger partial charge in [0.25, 0.3) is 0 Å². The van der Waals surface area contributed by atoms with Crippen LogP contribution in [0.25, 0.3) is 0 Å². The van der Waals surface area contributed by atoms with E-state index < -0.39 is 0 Å². The van der Waals surface area contributed by atoms with Crippen molar-refractivity contribution in [2.24, 2.45) is 5.92 Å². The number of phenolic OH excluding ortho intramolecular Hbond substituents is 1. The number of ether oxygens (including phenoxy) is 1. The molecule has 2 aliphatic rings. The van der Waals surface area contributed by atoms with E-state index >= 15 is 0 Å². The molecule has 0 saturated carbocycles. The van der Waals surface area contributed by atoms with E-state index in [1.54, 1.807) is 0 Å². The van der Waals surface area contributed by atoms with Crippen LogP contribution in [0.3, 0.4) is 0 Å². The zero-order chi connectivity index (χ0) is 21.0. The number of rotatable bonds is 3. The van der Waals surface area contributed by atoms with Crippen LogP contribution in [0, 0.1) is 5.92 Å². The molecule has 0 radical (unpaired) electrons. The first-order chi connectivity index (χ1) is 13.6. The second-order valence-corrected chi connectivity index (χ2v) is 9.99. The van der Waals surface area contributed by atoms with Crippen molar-refractivity contribution >= 4 is 0 Å². The molecule has 4 rings (SSSR count). The molecular formula is C27H34O2. The van der Waals surface area contributed by atoms with Crippen LogP contribution >= 0.6 is 0 Å². The van der Waals surface area contributed by atoms with Gasteiger partial charge in [0.15, 0.2) is 0 Å². The van der Waals surface area contributed by atoms with Crippen molar-refractivity contribution in [1.82, 2.24) is 0 Å². The Morgan fingerprint density at radius 1 is 1.10 bits per heavy atom. The lowest BCUT2D eigenvalue weighted by Crippen LogP contribution is -2.45. The zero-order valence-electron chi connectivity index (χ0n) is 18.7. The highest BCUT2D eigenvalue weighted by Crippen LogP contribution is 2.55. The average Bonchev–Trinajstić information content (AvgIpc) is 2.66. The predicted octanol–water partition coefficient (Wildman–Crippen LogP) is 6.89. The summed E-state index contributed by atoms with van der Waals surface area (Å²) < 4.78 is 6.52. The summed E-state index contributed by atoms with van der Waals surface area (Å²) in [5, 5.41) is 11.1. The van der Waals surface area contributed by atoms with Crippen LogP contribution in [-0.2, 0) is 11.8 Å². The molecule has 0 fully saturated rings. The van der Waals surface area contributed by atoms with Crippen molar-refractivity contribution in [3.05, 3.63) is 70.3 Å². The molecule has 1 N–H and O–H groups in total. The molecule has 1 heterocycles. The Morgan fingerprint density at radius 3 is 2.45 bits per heavy atom. The van der Waals surface area contributed by atoms with E-state index in [0.29, 0.717) is 17.6 Å². The van der Waals surface area contributed by atoms with Crippen LogP contribution in [0.4, 0.5) is 0 Å². The second-order valence-electron chi connectivity index (χ2n) is 9.99. The van der Waals surface area contributed by atoms with Gasteiger partial charge in [0.2, 0.25) is 0 Å². The first-order valence-electron chi connectivity index (χ1n) is 10.9. The Morgan fingerprint density at radius 2 is 1.79 bits per heavy atom. The lowest BCUT2D eigenvalue weighted by atomic mass is 9.66. The minimum atomic E-state index is -0.243. The van der Waals surface area contributed by atoms with E-state index in [1.807, 2.05) is 6.07 Å². The van der Waals surface area contributed by atoms with Crippen molar-refractivity contribution in [2.75, 3.05) is 0 Å². The van der Waals surface area contributed by atoms with Gasteiger partial charge >= 0.3 is 0 Å². The molecule has 154 valence electrons. The molecule has 2 aromatic carbocycles. The number of phenols is 1. The molecule has 2 heteroatoms. The van der Waals surface area contributed by atoms with Crippen LogP contribution in [0.1, 0.15) is 82.6 Å². The number of fused-ring (bicyclic) bond motifs is 3. The smallest absolute Gasteiger partial charge is 0.127 e. The summed E-state index contributed by atoms with van der Waals surface area (Å²) in [4.78, 5) is 0. The minimum Gasteiger partial charge on any atom is -0.508 e. The van der Waals surface area contributed by atoms with Crippen molar-refractivity contribution in [1.29, 1.82) is 0 Å². The molecule has 0 aromatic heterocycles. The highest BCUT2D eigenvalue weighted by molar-refractivity contribution is 5.55. The van der Waals surface area contributed by atoms with Gasteiger partial charge in [-0.1, -0.05) is 56.7 Å². The summed E-state index contributed by atoms with van der Waals surface area (Å²) in [6.45, 7) is 13.2. The fraction of sp³-hybridized carbons (Fsp3) is 0.481. The van der Waals surface area contributed by atoms with E-state index in [4.69, 9.17) is 4.74 Å². The molecule has 2 aromatic rings. The summed E-state index contributed by atoms with van der Waals surface area (Å²) >= 11 is 0. The molecule has 0 unspecified atom stereocenters. The second kappa shape index (κ2) is 6.93. The molecule has 1 aliphatic carbocycles. The lowest BCUT2D eigenvalue weighted by Gasteiger charge is -2.47. The molecule has 1 aliphatic heterocycles. The Kier molecular flexibility index (Phi) is 4.80. The predicted molar refractivity (Wildman–Crippen MR) is 120 cm³/mol. The number of aromatic hydroxyl groups is 1. The number of hydrogen-bond donors (Lipinski definition) is 1. The molecular weight excluding hydrogens is 356 g/mol. The third kappa shape index (κ3) is 3.37. The highest BCUT2D eigenvalue weighted by Gasteiger charge is 2.46. The Labute approximate surface area is 175 Å². The quantitative estimate of drug-likeness (QED) is 0.578. The standard InChI is InChI=1S/C27H34O2/c1-7-18-9-11-19(12-10-18)26(3,4)20-15-23(28)25-21-14-17(2)8-13-22(21)27(5,6)29-24(25)16-20/h8-12,15-16,21-22,28H,7,13-14H2,1-6H3/t21-,22-/m1/s1. The van der Waals surface area contributed by atoms with Gasteiger partial charge in [-0.15, -0.1) is 0 Å². The maximum Gasteiger partial charge on any atom is 0.127 e. The highest BCUT2D eigenvalue weighted by atomic mass is 16.5. The molecule has 29 heavy (non-hydrogen) atoms. The van der Waals surface area contributed by atoms with Gasteiger partial charge in [-0.3, -0.25) is 0 Å². The van der Waals surface area contributed by atoms with Gasteiger partial charge in [-0.2, -0.15) is 0 Å². The number of allylic oxidation sites excluding steroid dienone is 2. The van der Waals surface area contributed by atoms with Crippen molar-refractivity contribution in [2.45, 2.75) is 77.7 Å². The molecule has 0 bridgehead atoms. The minimum absolute atomic E-state index is 0.217. The van der Waals surface area contributed by atoms with Crippen molar-refractivity contribution in [3.63, 3.8) is 0 Å². The number of hydrogen-bond acceptors (Lipinski definition) is 2. The topological polar surface area (TPSA) is 29.5 Å². The Balaban J connectivity index is 1.79. The van der Waals surface area contributed by atoms with Crippen LogP contribution in [0.5, 0.6) is 11.5 Å². The van der Waals surface area contributed by atoms with E-state index in [1.165, 1.54) is 16.7 Å². The fourth-order valence-corrected chi connectivity index (χ4v) is 5.25. The lowest BCUT2D eigenvalue weighted by molar-refractivity contribution is 0.00745. The monoisotopic (exact) mass is 390 g/mol. The summed E-state index contributed by atoms with van der Waals surface area (Å²) in [5.74, 6) is 1.96. The summed E-state index contributed by atoms with van der Waals surface area (Å²) in [6, 6.07) is 13.0. The summed E-state index contributed by atoms with van der Waals surface area (Å²) in [7, 11) is 0. The maximum atomic E-state index is 11.1. The number of benzene rings is 2. The van der Waals surface area contributed by atoms with Crippen LogP contribution in [-0.4, -0.2) is 10.7 Å². The largest absolute Gasteiger partial charge is 0.508 e. The van der Waals surface area contributed by atoms with Gasteiger partial charge < -0.3 is 9.84 Å². The normalized spacial score (nSPS) is 22.9.